The molecule has 4 aliphatic rings. The van der Waals surface area contributed by atoms with E-state index in [9.17, 15) is 144 Å². The molecule has 4 aliphatic heterocycles. The highest BCUT2D eigenvalue weighted by Crippen LogP contribution is 2.41. The highest BCUT2D eigenvalue weighted by atomic mass is 16.7. The number of hydrogen-bond donors (Lipinski definition) is 21. The van der Waals surface area contributed by atoms with Crippen molar-refractivity contribution in [1.29, 1.82) is 0 Å². The molecule has 0 radical (unpaired) electrons. The van der Waals surface area contributed by atoms with Gasteiger partial charge in [0.05, 0.1) is 72.8 Å². The van der Waals surface area contributed by atoms with Crippen molar-refractivity contribution in [2.75, 3.05) is 81.2 Å². The van der Waals surface area contributed by atoms with Crippen LogP contribution in [-0.4, -0.2) is 395 Å². The number of carbonyl (C=O) groups is 13. The molecule has 48 heteroatoms. The minimum atomic E-state index is -2.81. The lowest BCUT2D eigenvalue weighted by Gasteiger charge is -2.45. The van der Waals surface area contributed by atoms with Gasteiger partial charge in [0.1, 0.15) is 98.8 Å². The van der Waals surface area contributed by atoms with Crippen LogP contribution < -0.4 is 28.3 Å². The largest absolute Gasteiger partial charge is 0.463 e. The van der Waals surface area contributed by atoms with E-state index in [2.05, 4.69) is 5.32 Å². The minimum Gasteiger partial charge on any atom is -0.463 e. The SMILES string of the molecule is CC(=O)CC1C(O)CC(O)(C(=O)OCC(=O)N(C)C)OC1C(O)C(O)COC(=O)C(C)C(C)C.CC(=O)CC1C(O)CC(O)(C(=O)OCOC(=O)C(N)C(C)C)OC1C(O)C(O)COC(=O)C(C)C(C)C.CC(=O)N[C@H]1[C@H]([C@H](O)[C@H](O)COC(=O)[C@H](N)CCCN)O[C@@](C)(O)C[C@@H]1O.CC(C)[C@H](N)C(=O)OC[C@@H](O)CC1OC(O)(C(=O)OCC(=O)N(C)C)CC(O)C1[C@@H](C)O. The predicted octanol–water partition coefficient (Wildman–Crippen LogP) is -7.98. The van der Waals surface area contributed by atoms with E-state index in [-0.39, 0.29) is 55.1 Å². The van der Waals surface area contributed by atoms with E-state index in [1.807, 2.05) is 13.8 Å². The van der Waals surface area contributed by atoms with Gasteiger partial charge in [0.25, 0.3) is 29.2 Å². The van der Waals surface area contributed by atoms with Crippen LogP contribution in [0.4, 0.5) is 0 Å². The summed E-state index contributed by atoms with van der Waals surface area (Å²) in [5, 5.41) is 170. The third-order valence-corrected chi connectivity index (χ3v) is 21.9. The summed E-state index contributed by atoms with van der Waals surface area (Å²) < 4.78 is 60.6. The van der Waals surface area contributed by atoms with Gasteiger partial charge in [-0.25, -0.2) is 14.4 Å². The second-order valence-electron chi connectivity index (χ2n) is 35.2. The number of nitrogens with one attached hydrogen (secondary N) is 1. The molecule has 0 aromatic carbocycles. The van der Waals surface area contributed by atoms with Crippen molar-refractivity contribution in [1.82, 2.24) is 15.1 Å². The van der Waals surface area contributed by atoms with Crippen molar-refractivity contribution in [2.24, 2.45) is 76.2 Å². The summed E-state index contributed by atoms with van der Waals surface area (Å²) in [7, 11) is 5.77. The summed E-state index contributed by atoms with van der Waals surface area (Å²) in [5.41, 5.74) is 22.3. The molecule has 3 amide bonds. The van der Waals surface area contributed by atoms with Crippen molar-refractivity contribution in [3.8, 4) is 0 Å². The van der Waals surface area contributed by atoms with Crippen LogP contribution in [0, 0.1) is 53.3 Å². The van der Waals surface area contributed by atoms with Crippen LogP contribution in [0.15, 0.2) is 0 Å². The number of nitrogens with zero attached hydrogens (tertiary/aromatic N) is 2. The summed E-state index contributed by atoms with van der Waals surface area (Å²) in [5.74, 6) is -24.5. The maximum Gasteiger partial charge on any atom is 0.369 e. The van der Waals surface area contributed by atoms with Crippen LogP contribution in [0.5, 0.6) is 0 Å². The molecular formula is C82H145N7O41. The summed E-state index contributed by atoms with van der Waals surface area (Å²) in [6, 6.07) is -3.82. The second-order valence-corrected chi connectivity index (χ2v) is 35.2. The van der Waals surface area contributed by atoms with Crippen molar-refractivity contribution >= 4 is 77.0 Å². The first-order valence-electron chi connectivity index (χ1n) is 42.5. The number of aliphatic hydroxyl groups excluding tert-OH is 12. The third-order valence-electron chi connectivity index (χ3n) is 21.9. The number of amides is 3. The van der Waals surface area contributed by atoms with Crippen LogP contribution >= 0.6 is 0 Å². The monoisotopic (exact) mass is 1880 g/mol. The fourth-order valence-electron chi connectivity index (χ4n) is 13.0. The predicted molar refractivity (Wildman–Crippen MR) is 445 cm³/mol. The Labute approximate surface area is 754 Å². The first kappa shape index (κ1) is 121. The maximum atomic E-state index is 12.6. The topological polar surface area (TPSA) is 779 Å². The van der Waals surface area contributed by atoms with Gasteiger partial charge in [-0.1, -0.05) is 69.2 Å². The average molecular weight is 1890 g/mol. The molecule has 19 unspecified atom stereocenters. The van der Waals surface area contributed by atoms with Crippen LogP contribution in [-0.2, 0) is 119 Å². The molecule has 0 spiro atoms. The lowest BCUT2D eigenvalue weighted by atomic mass is 9.80. The van der Waals surface area contributed by atoms with E-state index in [4.69, 9.17) is 79.8 Å². The lowest BCUT2D eigenvalue weighted by Crippen LogP contribution is -2.65. The Morgan fingerprint density at radius 1 is 0.446 bits per heavy atom. The molecule has 48 nitrogen and oxygen atoms in total. The van der Waals surface area contributed by atoms with E-state index >= 15 is 0 Å². The van der Waals surface area contributed by atoms with Crippen molar-refractivity contribution in [3.63, 3.8) is 0 Å². The Balaban J connectivity index is 0.000000871. The molecule has 29 atom stereocenters. The third kappa shape index (κ3) is 38.9. The minimum absolute atomic E-state index is 0.0215. The van der Waals surface area contributed by atoms with Gasteiger partial charge in [-0.05, 0) is 70.8 Å². The molecule has 0 saturated carbocycles. The molecule has 0 aliphatic carbocycles. The smallest absolute Gasteiger partial charge is 0.369 e. The van der Waals surface area contributed by atoms with Crippen molar-refractivity contribution in [2.45, 2.75) is 307 Å². The van der Waals surface area contributed by atoms with Gasteiger partial charge in [-0.3, -0.25) is 38.4 Å². The Bertz CT molecular complexity index is 3600. The van der Waals surface area contributed by atoms with Gasteiger partial charge in [0, 0.05) is 97.8 Å². The summed E-state index contributed by atoms with van der Waals surface area (Å²) in [4.78, 5) is 157. The van der Waals surface area contributed by atoms with Gasteiger partial charge >= 0.3 is 47.8 Å². The zero-order valence-electron chi connectivity index (χ0n) is 77.3. The average Bonchev–Trinajstić information content (AvgIpc) is 0.782. The van der Waals surface area contributed by atoms with Gasteiger partial charge in [0.15, 0.2) is 19.0 Å². The molecule has 754 valence electrons. The first-order chi connectivity index (χ1) is 59.8. The number of ether oxygens (including phenoxy) is 12. The fourth-order valence-corrected chi connectivity index (χ4v) is 13.0. The van der Waals surface area contributed by atoms with E-state index in [1.54, 1.807) is 55.4 Å². The van der Waals surface area contributed by atoms with Gasteiger partial charge in [-0.2, -0.15) is 0 Å². The number of rotatable bonds is 43. The zero-order chi connectivity index (χ0) is 101. The van der Waals surface area contributed by atoms with E-state index in [0.717, 1.165) is 4.90 Å². The van der Waals surface area contributed by atoms with Gasteiger partial charge in [-0.15, -0.1) is 0 Å². The van der Waals surface area contributed by atoms with Crippen molar-refractivity contribution < 1.29 is 201 Å². The van der Waals surface area contributed by atoms with Gasteiger partial charge in [0.2, 0.25) is 12.7 Å². The standard InChI is InChI=1S/C24H41NO12.C22H37NO11.C20H36N2O10.C16H31N3O8/c1-11(2)14(6)21(30)34-9-17(28)19(29)20-15(7-13(5)26)16(27)8-24(33,37-20)23(32)36-10-35-22(31)18(25)12(3)4;1-11(2)13(4)20(29)32-9-16(26)18(28)19-14(7-12(3)24)15(25)8-22(31,34-19)21(30)33-10-17(27)23(5)6;1-10(2)17(21)18(27)30-8-12(24)6-14-16(11(3)23)13(25)7-20(29,32-14)19(28)31-9-15(26)22(4)5;1-8(20)19-12-10(21)6-16(2,25)27-14(12)13(23)11(22)7-26-15(24)9(18)4-3-5-17/h11-12,14-20,27-29,33H,7-10,25H2,1-6H3;11,13-16,18-19,25-26,28,31H,7-10H2,1-6H3;10-14,16-17,23-25,29H,6-9,21H2,1-5H3;9-14,21-23,25H,3-7,17-18H2,1-2H3,(H,19,20)/t;;11-,12+,13?,14?,16?,17+,20?;9-,10+,11-,12-,13-,14-,16-/m..11/s1. The molecule has 25 N–H and O–H groups in total. The number of carbonyl (C=O) groups excluding carboxylic acids is 13. The highest BCUT2D eigenvalue weighted by Gasteiger charge is 2.58. The molecule has 0 bridgehead atoms. The van der Waals surface area contributed by atoms with Crippen LogP contribution in [0.1, 0.15) is 162 Å². The second kappa shape index (κ2) is 55.4. The zero-order valence-corrected chi connectivity index (χ0v) is 77.3. The lowest BCUT2D eigenvalue weighted by molar-refractivity contribution is -0.308. The molecule has 0 aromatic heterocycles. The van der Waals surface area contributed by atoms with Crippen LogP contribution in [0.2, 0.25) is 0 Å². The van der Waals surface area contributed by atoms with Crippen LogP contribution in [0.25, 0.3) is 0 Å². The number of Topliss-reactive ketones (excluding diaryl/α,β-unsaturated/α-hetero) is 2. The maximum absolute atomic E-state index is 12.6. The number of hydrogen-bond acceptors (Lipinski definition) is 45. The number of nitrogens with two attached hydrogens (primary N) is 4. The first-order valence-corrected chi connectivity index (χ1v) is 42.5. The molecule has 4 rings (SSSR count). The molecule has 4 saturated heterocycles. The molecule has 0 aromatic rings. The van der Waals surface area contributed by atoms with Gasteiger partial charge < -0.3 is 186 Å². The highest BCUT2D eigenvalue weighted by molar-refractivity contribution is 5.85. The number of aliphatic hydroxyl groups is 16. The Morgan fingerprint density at radius 2 is 0.808 bits per heavy atom. The number of esters is 8. The van der Waals surface area contributed by atoms with E-state index < -0.39 is 312 Å². The number of likely N-dealkylation sites (N-methyl/N-ethyl adjacent to an activating group) is 2. The molecule has 130 heavy (non-hydrogen) atoms. The van der Waals surface area contributed by atoms with E-state index in [1.165, 1.54) is 67.7 Å². The molecule has 4 heterocycles. The Morgan fingerprint density at radius 3 is 1.17 bits per heavy atom. The summed E-state index contributed by atoms with van der Waals surface area (Å²) in [6.45, 7) is 19.5. The Hall–Kier alpha value is -7.45. The fraction of sp³-hybridized carbons (Fsp3) is 0.841. The molecule has 4 fully saturated rings. The van der Waals surface area contributed by atoms with Crippen LogP contribution in [0.3, 0.4) is 0 Å². The number of ketones is 2. The van der Waals surface area contributed by atoms with E-state index in [0.29, 0.717) is 19.4 Å². The molecular weight excluding hydrogens is 1740 g/mol. The Kier molecular flexibility index (Phi) is 51.4. The quantitative estimate of drug-likeness (QED) is 0.0153. The summed E-state index contributed by atoms with van der Waals surface area (Å²) in [6.07, 6.45) is -26.6. The summed E-state index contributed by atoms with van der Waals surface area (Å²) >= 11 is 0. The van der Waals surface area contributed by atoms with Crippen molar-refractivity contribution in [3.05, 3.63) is 0 Å². The normalized spacial score (nSPS) is 28.5.